The Bertz CT molecular complexity index is 329. The Balaban J connectivity index is 3.08. The zero-order valence-corrected chi connectivity index (χ0v) is 7.78. The van der Waals surface area contributed by atoms with Gasteiger partial charge in [-0.2, -0.15) is 0 Å². The van der Waals surface area contributed by atoms with Crippen LogP contribution >= 0.6 is 0 Å². The Morgan fingerprint density at radius 3 is 2.46 bits per heavy atom. The fourth-order valence-electron chi connectivity index (χ4n) is 1.19. The zero-order chi connectivity index (χ0) is 9.84. The fraction of sp³-hybridized carbons (Fsp3) is 0.273. The monoisotopic (exact) mass is 176 g/mol. The molecule has 0 N–H and O–H groups in total. The van der Waals surface area contributed by atoms with Crippen LogP contribution < -0.4 is 0 Å². The van der Waals surface area contributed by atoms with Gasteiger partial charge in [0, 0.05) is 11.5 Å². The number of aryl methyl sites for hydroxylation is 1. The van der Waals surface area contributed by atoms with E-state index in [1.807, 2.05) is 26.0 Å². The van der Waals surface area contributed by atoms with E-state index in [9.17, 15) is 9.59 Å². The van der Waals surface area contributed by atoms with Gasteiger partial charge in [0.15, 0.2) is 0 Å². The summed E-state index contributed by atoms with van der Waals surface area (Å²) in [5.41, 5.74) is 2.56. The molecule has 0 aromatic heterocycles. The van der Waals surface area contributed by atoms with Gasteiger partial charge in [0.25, 0.3) is 0 Å². The van der Waals surface area contributed by atoms with E-state index < -0.39 is 0 Å². The van der Waals surface area contributed by atoms with E-state index in [-0.39, 0.29) is 5.92 Å². The van der Waals surface area contributed by atoms with E-state index in [0.717, 1.165) is 23.7 Å². The van der Waals surface area contributed by atoms with Gasteiger partial charge in [-0.15, -0.1) is 0 Å². The fourth-order valence-corrected chi connectivity index (χ4v) is 1.19. The highest BCUT2D eigenvalue weighted by Crippen LogP contribution is 2.16. The van der Waals surface area contributed by atoms with Gasteiger partial charge >= 0.3 is 0 Å². The van der Waals surface area contributed by atoms with Gasteiger partial charge in [-0.3, -0.25) is 4.79 Å². The molecule has 0 saturated heterocycles. The molecule has 0 amide bonds. The molecule has 1 atom stereocenters. The summed E-state index contributed by atoms with van der Waals surface area (Å²) in [6, 6.07) is 5.44. The number of rotatable bonds is 3. The summed E-state index contributed by atoms with van der Waals surface area (Å²) in [7, 11) is 0. The van der Waals surface area contributed by atoms with Gasteiger partial charge in [0.05, 0.1) is 0 Å². The maximum atomic E-state index is 10.5. The third kappa shape index (κ3) is 2.02. The number of carbonyl (C=O) groups excluding carboxylic acids is 2. The van der Waals surface area contributed by atoms with Crippen molar-refractivity contribution in [2.75, 3.05) is 0 Å². The molecule has 1 aromatic carbocycles. The molecule has 0 radical (unpaired) electrons. The number of hydrogen-bond acceptors (Lipinski definition) is 2. The first kappa shape index (κ1) is 9.65. The highest BCUT2D eigenvalue weighted by Gasteiger charge is 2.05. The van der Waals surface area contributed by atoms with Crippen molar-refractivity contribution >= 4 is 12.6 Å². The van der Waals surface area contributed by atoms with E-state index in [4.69, 9.17) is 0 Å². The molecule has 0 fully saturated rings. The lowest BCUT2D eigenvalue weighted by molar-refractivity contribution is -0.108. The van der Waals surface area contributed by atoms with E-state index in [1.165, 1.54) is 0 Å². The minimum absolute atomic E-state index is 0.0978. The summed E-state index contributed by atoms with van der Waals surface area (Å²) in [6.45, 7) is 3.70. The summed E-state index contributed by atoms with van der Waals surface area (Å²) in [4.78, 5) is 21.0. The van der Waals surface area contributed by atoms with Crippen LogP contribution in [0.1, 0.15) is 34.3 Å². The van der Waals surface area contributed by atoms with Crippen molar-refractivity contribution in [1.82, 2.24) is 0 Å². The van der Waals surface area contributed by atoms with Gasteiger partial charge in [-0.1, -0.05) is 25.1 Å². The van der Waals surface area contributed by atoms with Crippen molar-refractivity contribution in [2.45, 2.75) is 19.8 Å². The maximum Gasteiger partial charge on any atom is 0.150 e. The van der Waals surface area contributed by atoms with Crippen LogP contribution in [0.2, 0.25) is 0 Å². The maximum absolute atomic E-state index is 10.5. The van der Waals surface area contributed by atoms with E-state index in [1.54, 1.807) is 6.07 Å². The van der Waals surface area contributed by atoms with Crippen molar-refractivity contribution in [3.8, 4) is 0 Å². The lowest BCUT2D eigenvalue weighted by atomic mass is 9.98. The third-order valence-electron chi connectivity index (χ3n) is 2.15. The van der Waals surface area contributed by atoms with Crippen LogP contribution in [0.3, 0.4) is 0 Å². The Morgan fingerprint density at radius 1 is 1.31 bits per heavy atom. The Morgan fingerprint density at radius 2 is 2.00 bits per heavy atom. The third-order valence-corrected chi connectivity index (χ3v) is 2.15. The first-order valence-corrected chi connectivity index (χ1v) is 4.20. The van der Waals surface area contributed by atoms with Crippen LogP contribution in [-0.4, -0.2) is 12.6 Å². The normalized spacial score (nSPS) is 12.2. The SMILES string of the molecule is Cc1cc(C(C)C=O)ccc1C=O. The summed E-state index contributed by atoms with van der Waals surface area (Å²) >= 11 is 0. The molecule has 0 aliphatic carbocycles. The Hall–Kier alpha value is -1.44. The molecule has 0 aliphatic rings. The average Bonchev–Trinajstić information content (AvgIpc) is 2.16. The van der Waals surface area contributed by atoms with Crippen LogP contribution in [0.15, 0.2) is 18.2 Å². The molecule has 0 spiro atoms. The van der Waals surface area contributed by atoms with Crippen LogP contribution in [0.5, 0.6) is 0 Å². The molecule has 0 saturated carbocycles. The molecule has 1 rings (SSSR count). The summed E-state index contributed by atoms with van der Waals surface area (Å²) in [6.07, 6.45) is 1.72. The minimum atomic E-state index is -0.0978. The van der Waals surface area contributed by atoms with Crippen LogP contribution in [0, 0.1) is 6.92 Å². The molecule has 0 heterocycles. The second kappa shape index (κ2) is 3.99. The van der Waals surface area contributed by atoms with Crippen molar-refractivity contribution in [2.24, 2.45) is 0 Å². The van der Waals surface area contributed by atoms with Gasteiger partial charge in [0.2, 0.25) is 0 Å². The highest BCUT2D eigenvalue weighted by atomic mass is 16.1. The molecule has 2 nitrogen and oxygen atoms in total. The van der Waals surface area contributed by atoms with Crippen molar-refractivity contribution < 1.29 is 9.59 Å². The van der Waals surface area contributed by atoms with Gasteiger partial charge in [0.1, 0.15) is 12.6 Å². The molecule has 1 aromatic rings. The molecule has 0 aliphatic heterocycles. The molecule has 0 bridgehead atoms. The van der Waals surface area contributed by atoms with Crippen molar-refractivity contribution in [3.63, 3.8) is 0 Å². The number of benzene rings is 1. The molecule has 2 heteroatoms. The van der Waals surface area contributed by atoms with Gasteiger partial charge in [-0.25, -0.2) is 0 Å². The van der Waals surface area contributed by atoms with Crippen molar-refractivity contribution in [3.05, 3.63) is 34.9 Å². The molecule has 13 heavy (non-hydrogen) atoms. The Labute approximate surface area is 77.6 Å². The largest absolute Gasteiger partial charge is 0.303 e. The zero-order valence-electron chi connectivity index (χ0n) is 7.78. The second-order valence-corrected chi connectivity index (χ2v) is 3.16. The highest BCUT2D eigenvalue weighted by molar-refractivity contribution is 5.77. The molecule has 1 unspecified atom stereocenters. The average molecular weight is 176 g/mol. The predicted octanol–water partition coefficient (Wildman–Crippen LogP) is 2.11. The lowest BCUT2D eigenvalue weighted by Gasteiger charge is -2.06. The summed E-state index contributed by atoms with van der Waals surface area (Å²) in [5, 5.41) is 0. The first-order chi connectivity index (χ1) is 6.19. The smallest absolute Gasteiger partial charge is 0.150 e. The van der Waals surface area contributed by atoms with E-state index in [0.29, 0.717) is 5.56 Å². The second-order valence-electron chi connectivity index (χ2n) is 3.16. The number of carbonyl (C=O) groups is 2. The van der Waals surface area contributed by atoms with Crippen molar-refractivity contribution in [1.29, 1.82) is 0 Å². The lowest BCUT2D eigenvalue weighted by Crippen LogP contribution is -1.96. The van der Waals surface area contributed by atoms with E-state index in [2.05, 4.69) is 0 Å². The number of aldehydes is 2. The predicted molar refractivity (Wildman–Crippen MR) is 51.0 cm³/mol. The first-order valence-electron chi connectivity index (χ1n) is 4.20. The molecular weight excluding hydrogens is 164 g/mol. The topological polar surface area (TPSA) is 34.1 Å². The molecular formula is C11H12O2. The summed E-state index contributed by atoms with van der Waals surface area (Å²) in [5.74, 6) is -0.0978. The minimum Gasteiger partial charge on any atom is -0.303 e. The van der Waals surface area contributed by atoms with E-state index >= 15 is 0 Å². The van der Waals surface area contributed by atoms with Crippen LogP contribution in [-0.2, 0) is 4.79 Å². The standard InChI is InChI=1S/C11H12O2/c1-8-5-10(9(2)6-12)3-4-11(8)7-13/h3-7,9H,1-2H3. The van der Waals surface area contributed by atoms with Crippen LogP contribution in [0.4, 0.5) is 0 Å². The quantitative estimate of drug-likeness (QED) is 0.661. The van der Waals surface area contributed by atoms with Gasteiger partial charge in [-0.05, 0) is 18.1 Å². The number of hydrogen-bond donors (Lipinski definition) is 0. The summed E-state index contributed by atoms with van der Waals surface area (Å²) < 4.78 is 0. The van der Waals surface area contributed by atoms with Gasteiger partial charge < -0.3 is 4.79 Å². The van der Waals surface area contributed by atoms with Crippen LogP contribution in [0.25, 0.3) is 0 Å². The Kier molecular flexibility index (Phi) is 2.96. The molecule has 68 valence electrons.